The summed E-state index contributed by atoms with van der Waals surface area (Å²) < 4.78 is 17.4. The van der Waals surface area contributed by atoms with Crippen molar-refractivity contribution >= 4 is 20.1 Å². The van der Waals surface area contributed by atoms with Crippen LogP contribution in [-0.2, 0) is 20.1 Å². The van der Waals surface area contributed by atoms with Gasteiger partial charge in [-0.25, -0.2) is 4.21 Å². The lowest BCUT2D eigenvalue weighted by Gasteiger charge is -1.86. The molecule has 0 aromatic heterocycles. The zero-order valence-electron chi connectivity index (χ0n) is 2.62. The molecule has 0 radical (unpaired) electrons. The second kappa shape index (κ2) is 1.80. The topological polar surface area (TPSA) is 69.6 Å². The van der Waals surface area contributed by atoms with Crippen molar-refractivity contribution in [2.75, 3.05) is 0 Å². The summed E-state index contributed by atoms with van der Waals surface area (Å²) in [6, 6.07) is 0. The van der Waals surface area contributed by atoms with Crippen LogP contribution >= 0.6 is 0 Å². The second-order valence-corrected chi connectivity index (χ2v) is 3.05. The van der Waals surface area contributed by atoms with Crippen LogP contribution in [0.4, 0.5) is 0 Å². The molecule has 0 saturated heterocycles. The van der Waals surface area contributed by atoms with E-state index in [4.69, 9.17) is 9.76 Å². The third-order valence-corrected chi connectivity index (χ3v) is 0.570. The standard InChI is InChI=1S/H3NO3S2/c2-1-6(3,4)5/h1-2H,(H,3,4,5). The van der Waals surface area contributed by atoms with Gasteiger partial charge in [0, 0.05) is 11.2 Å². The van der Waals surface area contributed by atoms with Crippen LogP contribution in [0, 0.1) is 0 Å². The van der Waals surface area contributed by atoms with Crippen LogP contribution in [0.15, 0.2) is 0 Å². The van der Waals surface area contributed by atoms with Gasteiger partial charge in [-0.05, 0) is 0 Å². The molecule has 0 spiro atoms. The molecular weight excluding hydrogens is 126 g/mol. The molecule has 0 amide bonds. The Hall–Kier alpha value is 0.250. The van der Waals surface area contributed by atoms with E-state index in [-0.39, 0.29) is 0 Å². The fourth-order valence-corrected chi connectivity index (χ4v) is 0. The lowest BCUT2D eigenvalue weighted by atomic mass is 13.5. The summed E-state index contributed by atoms with van der Waals surface area (Å²) in [5.41, 5.74) is 0. The van der Waals surface area contributed by atoms with E-state index in [2.05, 4.69) is 11.2 Å². The maximum Gasteiger partial charge on any atom is 0.229 e. The molecule has 1 atom stereocenters. The van der Waals surface area contributed by atoms with Crippen LogP contribution in [0.1, 0.15) is 0 Å². The monoisotopic (exact) mass is 129 g/mol. The molecule has 0 rings (SSSR count). The molecule has 4 nitrogen and oxygen atoms in total. The fourth-order valence-electron chi connectivity index (χ4n) is 0. The molecule has 0 bridgehead atoms. The van der Waals surface area contributed by atoms with E-state index in [1.165, 1.54) is 0 Å². The smallest absolute Gasteiger partial charge is 0.229 e. The minimum Gasteiger partial charge on any atom is -0.302 e. The molecule has 0 fully saturated rings. The predicted molar refractivity (Wildman–Crippen MR) is 23.1 cm³/mol. The van der Waals surface area contributed by atoms with E-state index < -0.39 is 8.96 Å². The quantitative estimate of drug-likeness (QED) is 0.401. The van der Waals surface area contributed by atoms with E-state index >= 15 is 0 Å². The molecule has 0 aromatic carbocycles. The Morgan fingerprint density at radius 1 is 1.83 bits per heavy atom. The number of rotatable bonds is 1. The molecule has 0 aliphatic heterocycles. The van der Waals surface area contributed by atoms with Crippen molar-refractivity contribution in [1.82, 2.24) is 4.89 Å². The predicted octanol–water partition coefficient (Wildman–Crippen LogP) is -0.901. The van der Waals surface area contributed by atoms with Gasteiger partial charge in [-0.1, -0.05) is 4.89 Å². The molecule has 6 heavy (non-hydrogen) atoms. The van der Waals surface area contributed by atoms with Crippen molar-refractivity contribution in [1.29, 1.82) is 0 Å². The molecule has 0 heterocycles. The lowest BCUT2D eigenvalue weighted by Crippen LogP contribution is -2.15. The highest BCUT2D eigenvalue weighted by Crippen LogP contribution is 1.63. The van der Waals surface area contributed by atoms with Crippen molar-refractivity contribution in [3.05, 3.63) is 0 Å². The van der Waals surface area contributed by atoms with Crippen molar-refractivity contribution in [2.45, 2.75) is 0 Å². The zero-order valence-corrected chi connectivity index (χ0v) is 4.25. The van der Waals surface area contributed by atoms with Gasteiger partial charge in [0.15, 0.2) is 0 Å². The van der Waals surface area contributed by atoms with Gasteiger partial charge >= 0.3 is 0 Å². The number of hydrogen-bond donors (Lipinski definition) is 3. The Labute approximate surface area is 39.8 Å². The first-order chi connectivity index (χ1) is 2.56. The zero-order chi connectivity index (χ0) is 5.21. The van der Waals surface area contributed by atoms with E-state index in [9.17, 15) is 4.21 Å². The Bertz CT molecular complexity index is 111. The molecule has 0 saturated carbocycles. The summed E-state index contributed by atoms with van der Waals surface area (Å²) in [5, 5.41) is 7.52. The van der Waals surface area contributed by atoms with Gasteiger partial charge in [0.1, 0.15) is 0 Å². The molecule has 38 valence electrons. The minimum atomic E-state index is -3.52. The largest absolute Gasteiger partial charge is 0.302 e. The molecule has 0 aliphatic carbocycles. The molecule has 0 aromatic rings. The molecular formula is H3NO3S2. The SMILES string of the molecule is O=S(O)(=S)NO. The van der Waals surface area contributed by atoms with Crippen molar-refractivity contribution in [2.24, 2.45) is 0 Å². The first kappa shape index (κ1) is 6.25. The summed E-state index contributed by atoms with van der Waals surface area (Å²) in [5.74, 6) is 0. The first-order valence-electron chi connectivity index (χ1n) is 0.944. The van der Waals surface area contributed by atoms with Gasteiger partial charge < -0.3 is 5.21 Å². The maximum atomic E-state index is 9.56. The Morgan fingerprint density at radius 3 is 2.00 bits per heavy atom. The summed E-state index contributed by atoms with van der Waals surface area (Å²) in [6.07, 6.45) is 0. The number of hydrogen-bond acceptors (Lipinski definition) is 3. The summed E-state index contributed by atoms with van der Waals surface area (Å²) in [7, 11) is -3.52. The highest BCUT2D eigenvalue weighted by atomic mass is 32.8. The van der Waals surface area contributed by atoms with E-state index in [1.807, 2.05) is 0 Å². The minimum absolute atomic E-state index is 1.00. The summed E-state index contributed by atoms with van der Waals surface area (Å²) in [6.45, 7) is 0. The van der Waals surface area contributed by atoms with Crippen LogP contribution in [0.2, 0.25) is 0 Å². The van der Waals surface area contributed by atoms with Gasteiger partial charge in [0.25, 0.3) is 0 Å². The van der Waals surface area contributed by atoms with Crippen molar-refractivity contribution < 1.29 is 14.0 Å². The van der Waals surface area contributed by atoms with Crippen molar-refractivity contribution in [3.63, 3.8) is 0 Å². The molecule has 1 unspecified atom stereocenters. The summed E-state index contributed by atoms with van der Waals surface area (Å²) >= 11 is 3.71. The number of nitrogens with one attached hydrogen (secondary N) is 1. The second-order valence-electron chi connectivity index (χ2n) is 0.566. The van der Waals surface area contributed by atoms with Gasteiger partial charge in [0.2, 0.25) is 8.96 Å². The molecule has 3 N–H and O–H groups in total. The van der Waals surface area contributed by atoms with Crippen LogP contribution in [0.3, 0.4) is 0 Å². The average Bonchev–Trinajstić information content (AvgIpc) is 1.35. The van der Waals surface area contributed by atoms with Crippen LogP contribution in [-0.4, -0.2) is 14.0 Å². The fraction of sp³-hybridized carbons (Fsp3) is 0. The van der Waals surface area contributed by atoms with Crippen LogP contribution < -0.4 is 4.89 Å². The lowest BCUT2D eigenvalue weighted by molar-refractivity contribution is 0.238. The van der Waals surface area contributed by atoms with Crippen molar-refractivity contribution in [3.8, 4) is 0 Å². The van der Waals surface area contributed by atoms with E-state index in [1.54, 1.807) is 0 Å². The Morgan fingerprint density at radius 2 is 2.00 bits per heavy atom. The van der Waals surface area contributed by atoms with E-state index in [0.29, 0.717) is 0 Å². The van der Waals surface area contributed by atoms with Crippen LogP contribution in [0.5, 0.6) is 0 Å². The average molecular weight is 129 g/mol. The van der Waals surface area contributed by atoms with Gasteiger partial charge in [0.05, 0.1) is 0 Å². The molecule has 6 heteroatoms. The highest BCUT2D eigenvalue weighted by molar-refractivity contribution is 8.28. The Balaban J connectivity index is 3.85. The van der Waals surface area contributed by atoms with Gasteiger partial charge in [-0.3, -0.25) is 4.55 Å². The molecule has 0 aliphatic rings. The highest BCUT2D eigenvalue weighted by Gasteiger charge is 1.87. The third-order valence-electron chi connectivity index (χ3n) is 0.115. The van der Waals surface area contributed by atoms with E-state index in [0.717, 1.165) is 4.89 Å². The normalized spacial score (nSPS) is 19.7. The summed E-state index contributed by atoms with van der Waals surface area (Å²) in [4.78, 5) is 1.00. The van der Waals surface area contributed by atoms with Gasteiger partial charge in [-0.15, -0.1) is 0 Å². The first-order valence-corrected chi connectivity index (χ1v) is 3.38. The van der Waals surface area contributed by atoms with Gasteiger partial charge in [-0.2, -0.15) is 0 Å². The Kier molecular flexibility index (Phi) is 1.88. The third kappa shape index (κ3) is 4.25. The maximum absolute atomic E-state index is 9.56. The van der Waals surface area contributed by atoms with Crippen LogP contribution in [0.25, 0.3) is 0 Å².